The molecule has 1 aliphatic heterocycles. The number of carbonyl (C=O) groups excluding carboxylic acids is 1. The molecular weight excluding hydrogens is 358 g/mol. The summed E-state index contributed by atoms with van der Waals surface area (Å²) in [6.07, 6.45) is 1.57. The zero-order chi connectivity index (χ0) is 18.7. The van der Waals surface area contributed by atoms with Crippen LogP contribution in [-0.2, 0) is 9.53 Å². The second kappa shape index (κ2) is 7.49. The third kappa shape index (κ3) is 3.50. The molecule has 0 aromatic heterocycles. The molecule has 1 aliphatic rings. The summed E-state index contributed by atoms with van der Waals surface area (Å²) < 4.78 is 21.0. The molecule has 3 rings (SSSR count). The molecule has 134 valence electrons. The van der Waals surface area contributed by atoms with E-state index in [1.54, 1.807) is 49.6 Å². The van der Waals surface area contributed by atoms with Crippen LogP contribution >= 0.6 is 11.6 Å². The number of hydrogen-bond acceptors (Lipinski definition) is 6. The fourth-order valence-corrected chi connectivity index (χ4v) is 2.65. The lowest BCUT2D eigenvalue weighted by molar-refractivity contribution is -0.129. The van der Waals surface area contributed by atoms with Crippen molar-refractivity contribution in [2.75, 3.05) is 21.3 Å². The van der Waals surface area contributed by atoms with E-state index in [4.69, 9.17) is 30.5 Å². The second-order valence-corrected chi connectivity index (χ2v) is 5.73. The second-order valence-electron chi connectivity index (χ2n) is 5.29. The van der Waals surface area contributed by atoms with Gasteiger partial charge in [-0.2, -0.15) is 0 Å². The molecule has 0 bridgehead atoms. The van der Waals surface area contributed by atoms with Crippen LogP contribution in [0.4, 0.5) is 0 Å². The Labute approximate surface area is 155 Å². The van der Waals surface area contributed by atoms with Crippen molar-refractivity contribution >= 4 is 29.5 Å². The number of nitrogens with zero attached hydrogens (tertiary/aromatic N) is 1. The summed E-state index contributed by atoms with van der Waals surface area (Å²) in [5.74, 6) is 1.28. The van der Waals surface area contributed by atoms with Crippen LogP contribution in [-0.4, -0.2) is 33.2 Å². The fraction of sp³-hybridized carbons (Fsp3) is 0.158. The van der Waals surface area contributed by atoms with E-state index in [0.29, 0.717) is 33.4 Å². The van der Waals surface area contributed by atoms with Crippen molar-refractivity contribution in [1.29, 1.82) is 0 Å². The van der Waals surface area contributed by atoms with Gasteiger partial charge in [0.15, 0.2) is 17.2 Å². The lowest BCUT2D eigenvalue weighted by Gasteiger charge is -2.08. The number of cyclic esters (lactones) is 1. The van der Waals surface area contributed by atoms with E-state index in [-0.39, 0.29) is 11.6 Å². The number of esters is 1. The molecule has 26 heavy (non-hydrogen) atoms. The van der Waals surface area contributed by atoms with Gasteiger partial charge < -0.3 is 18.9 Å². The molecule has 0 N–H and O–H groups in total. The Morgan fingerprint density at radius 1 is 0.962 bits per heavy atom. The number of hydrogen-bond donors (Lipinski definition) is 0. The highest BCUT2D eigenvalue weighted by Crippen LogP contribution is 2.30. The Hall–Kier alpha value is -2.99. The minimum atomic E-state index is -0.559. The Balaban J connectivity index is 1.98. The topological polar surface area (TPSA) is 66.3 Å². The van der Waals surface area contributed by atoms with Crippen molar-refractivity contribution in [3.63, 3.8) is 0 Å². The average Bonchev–Trinajstić information content (AvgIpc) is 3.02. The SMILES string of the molecule is COc1ccc(Cl)cc1/C=C1/N=C(c2ccc(OC)c(OC)c2)OC1=O. The first-order chi connectivity index (χ1) is 12.5. The first-order valence-electron chi connectivity index (χ1n) is 7.64. The van der Waals surface area contributed by atoms with Crippen molar-refractivity contribution in [3.8, 4) is 17.2 Å². The summed E-state index contributed by atoms with van der Waals surface area (Å²) in [6, 6.07) is 10.2. The number of rotatable bonds is 5. The molecule has 0 saturated heterocycles. The number of benzene rings is 2. The molecule has 0 radical (unpaired) electrons. The Kier molecular flexibility index (Phi) is 5.14. The molecule has 0 aliphatic carbocycles. The molecule has 0 amide bonds. The van der Waals surface area contributed by atoms with Crippen molar-refractivity contribution in [1.82, 2.24) is 0 Å². The summed E-state index contributed by atoms with van der Waals surface area (Å²) in [7, 11) is 4.61. The Morgan fingerprint density at radius 2 is 1.65 bits per heavy atom. The van der Waals surface area contributed by atoms with Gasteiger partial charge in [-0.1, -0.05) is 11.6 Å². The molecular formula is C19H16ClNO5. The van der Waals surface area contributed by atoms with Crippen molar-refractivity contribution in [3.05, 3.63) is 58.2 Å². The van der Waals surface area contributed by atoms with Crippen LogP contribution in [0.3, 0.4) is 0 Å². The van der Waals surface area contributed by atoms with E-state index in [1.807, 2.05) is 0 Å². The third-order valence-corrected chi connectivity index (χ3v) is 3.97. The predicted molar refractivity (Wildman–Crippen MR) is 98.2 cm³/mol. The Morgan fingerprint density at radius 3 is 2.35 bits per heavy atom. The molecule has 0 saturated carbocycles. The maximum atomic E-state index is 12.2. The summed E-state index contributed by atoms with van der Waals surface area (Å²) in [5.41, 5.74) is 1.37. The predicted octanol–water partition coefficient (Wildman–Crippen LogP) is 3.71. The molecule has 0 fully saturated rings. The number of carbonyl (C=O) groups is 1. The van der Waals surface area contributed by atoms with Gasteiger partial charge in [-0.25, -0.2) is 9.79 Å². The van der Waals surface area contributed by atoms with Crippen molar-refractivity contribution < 1.29 is 23.7 Å². The minimum Gasteiger partial charge on any atom is -0.496 e. The van der Waals surface area contributed by atoms with Crippen LogP contribution in [0.15, 0.2) is 47.1 Å². The molecule has 7 heteroatoms. The van der Waals surface area contributed by atoms with Gasteiger partial charge in [-0.3, -0.25) is 0 Å². The van der Waals surface area contributed by atoms with Gasteiger partial charge in [0, 0.05) is 16.1 Å². The Bertz CT molecular complexity index is 920. The van der Waals surface area contributed by atoms with Crippen LogP contribution in [0.5, 0.6) is 17.2 Å². The van der Waals surface area contributed by atoms with E-state index in [1.165, 1.54) is 14.2 Å². The number of halogens is 1. The van der Waals surface area contributed by atoms with Gasteiger partial charge in [-0.15, -0.1) is 0 Å². The number of aliphatic imine (C=N–C) groups is 1. The van der Waals surface area contributed by atoms with Gasteiger partial charge in [-0.05, 0) is 42.5 Å². The van der Waals surface area contributed by atoms with Crippen LogP contribution in [0.2, 0.25) is 5.02 Å². The standard InChI is InChI=1S/C19H16ClNO5/c1-23-15-7-5-13(20)8-12(15)9-14-19(22)26-18(21-14)11-4-6-16(24-2)17(10-11)25-3/h4-10H,1-3H3/b14-9+. The molecule has 1 heterocycles. The normalized spacial score (nSPS) is 14.8. The number of methoxy groups -OCH3 is 3. The van der Waals surface area contributed by atoms with Crippen LogP contribution in [0.1, 0.15) is 11.1 Å². The summed E-state index contributed by atoms with van der Waals surface area (Å²) in [6.45, 7) is 0. The smallest absolute Gasteiger partial charge is 0.363 e. The first kappa shape index (κ1) is 17.8. The van der Waals surface area contributed by atoms with Gasteiger partial charge in [0.05, 0.1) is 21.3 Å². The summed E-state index contributed by atoms with van der Waals surface area (Å²) >= 11 is 6.02. The fourth-order valence-electron chi connectivity index (χ4n) is 2.47. The first-order valence-corrected chi connectivity index (χ1v) is 8.02. The van der Waals surface area contributed by atoms with E-state index >= 15 is 0 Å². The lowest BCUT2D eigenvalue weighted by Crippen LogP contribution is -2.06. The maximum Gasteiger partial charge on any atom is 0.363 e. The van der Waals surface area contributed by atoms with Crippen molar-refractivity contribution in [2.45, 2.75) is 0 Å². The molecule has 2 aromatic carbocycles. The maximum absolute atomic E-state index is 12.2. The van der Waals surface area contributed by atoms with Gasteiger partial charge in [0.25, 0.3) is 0 Å². The summed E-state index contributed by atoms with van der Waals surface area (Å²) in [5, 5.41) is 0.521. The molecule has 0 unspecified atom stereocenters. The largest absolute Gasteiger partial charge is 0.496 e. The quantitative estimate of drug-likeness (QED) is 0.590. The van der Waals surface area contributed by atoms with E-state index in [0.717, 1.165) is 0 Å². The summed E-state index contributed by atoms with van der Waals surface area (Å²) in [4.78, 5) is 16.5. The molecule has 0 atom stereocenters. The van der Waals surface area contributed by atoms with Gasteiger partial charge >= 0.3 is 5.97 Å². The van der Waals surface area contributed by atoms with Gasteiger partial charge in [0.2, 0.25) is 5.90 Å². The van der Waals surface area contributed by atoms with Crippen LogP contribution in [0, 0.1) is 0 Å². The average molecular weight is 374 g/mol. The third-order valence-electron chi connectivity index (χ3n) is 3.73. The van der Waals surface area contributed by atoms with Crippen LogP contribution < -0.4 is 14.2 Å². The zero-order valence-electron chi connectivity index (χ0n) is 14.4. The highest BCUT2D eigenvalue weighted by Gasteiger charge is 2.25. The lowest BCUT2D eigenvalue weighted by atomic mass is 10.1. The van der Waals surface area contributed by atoms with E-state index in [2.05, 4.69) is 4.99 Å². The van der Waals surface area contributed by atoms with Crippen LogP contribution in [0.25, 0.3) is 6.08 Å². The van der Waals surface area contributed by atoms with E-state index < -0.39 is 5.97 Å². The van der Waals surface area contributed by atoms with Crippen molar-refractivity contribution in [2.24, 2.45) is 4.99 Å². The molecule has 2 aromatic rings. The molecule has 6 nitrogen and oxygen atoms in total. The monoisotopic (exact) mass is 373 g/mol. The minimum absolute atomic E-state index is 0.148. The highest BCUT2D eigenvalue weighted by molar-refractivity contribution is 6.30. The zero-order valence-corrected chi connectivity index (χ0v) is 15.2. The highest BCUT2D eigenvalue weighted by atomic mass is 35.5. The molecule has 0 spiro atoms. The van der Waals surface area contributed by atoms with E-state index in [9.17, 15) is 4.79 Å². The van der Waals surface area contributed by atoms with Gasteiger partial charge in [0.1, 0.15) is 5.75 Å². The number of ether oxygens (including phenoxy) is 4.